The van der Waals surface area contributed by atoms with Crippen molar-refractivity contribution in [2.75, 3.05) is 6.61 Å². The summed E-state index contributed by atoms with van der Waals surface area (Å²) in [6.45, 7) is 4.65. The summed E-state index contributed by atoms with van der Waals surface area (Å²) in [4.78, 5) is 11.8. The lowest BCUT2D eigenvalue weighted by atomic mass is 9.30. The molecule has 4 saturated carbocycles. The Kier molecular flexibility index (Phi) is 2.36. The highest BCUT2D eigenvalue weighted by Gasteiger charge is 2.86. The molecule has 4 aliphatic rings. The van der Waals surface area contributed by atoms with Gasteiger partial charge in [0.15, 0.2) is 6.29 Å². The summed E-state index contributed by atoms with van der Waals surface area (Å²) in [5.41, 5.74) is -0.00731. The minimum Gasteiger partial charge on any atom is -0.353 e. The number of ether oxygens (including phenoxy) is 2. The van der Waals surface area contributed by atoms with E-state index in [2.05, 4.69) is 0 Å². The van der Waals surface area contributed by atoms with Gasteiger partial charge in [0, 0.05) is 6.61 Å². The Morgan fingerprint density at radius 3 is 2.47 bits per heavy atom. The van der Waals surface area contributed by atoms with E-state index in [0.29, 0.717) is 18.4 Å². The van der Waals surface area contributed by atoms with Crippen molar-refractivity contribution in [1.29, 1.82) is 0 Å². The summed E-state index contributed by atoms with van der Waals surface area (Å²) in [6.07, 6.45) is 5.10. The molecule has 0 radical (unpaired) electrons. The maximum atomic E-state index is 11.8. The van der Waals surface area contributed by atoms with Crippen molar-refractivity contribution in [3.8, 4) is 0 Å². The quantitative estimate of drug-likeness (QED) is 0.575. The van der Waals surface area contributed by atoms with Crippen LogP contribution in [0.5, 0.6) is 0 Å². The first-order valence-electron chi connectivity index (χ1n) is 7.47. The Balaban J connectivity index is 1.57. The van der Waals surface area contributed by atoms with Crippen LogP contribution in [0.25, 0.3) is 0 Å². The van der Waals surface area contributed by atoms with Crippen LogP contribution in [-0.4, -0.2) is 23.7 Å². The SMILES string of the molecule is CCOC(C)OC12CC3CC4(C(=O)Cl)CC(C1)C34C2. The van der Waals surface area contributed by atoms with Crippen molar-refractivity contribution in [2.24, 2.45) is 22.7 Å². The van der Waals surface area contributed by atoms with Gasteiger partial charge in [0.2, 0.25) is 5.24 Å². The molecule has 2 bridgehead atoms. The Bertz CT molecular complexity index is 431. The van der Waals surface area contributed by atoms with Crippen LogP contribution in [0.4, 0.5) is 0 Å². The summed E-state index contributed by atoms with van der Waals surface area (Å²) in [7, 11) is 0. The minimum absolute atomic E-state index is 0.0332. The molecule has 0 saturated heterocycles. The zero-order chi connectivity index (χ0) is 13.5. The predicted molar refractivity (Wildman–Crippen MR) is 70.7 cm³/mol. The Morgan fingerprint density at radius 1 is 1.32 bits per heavy atom. The monoisotopic (exact) mass is 284 g/mol. The first-order chi connectivity index (χ1) is 8.98. The van der Waals surface area contributed by atoms with E-state index in [9.17, 15) is 4.79 Å². The molecule has 106 valence electrons. The van der Waals surface area contributed by atoms with Gasteiger partial charge in [-0.15, -0.1) is 0 Å². The molecule has 0 aromatic heterocycles. The van der Waals surface area contributed by atoms with Crippen molar-refractivity contribution in [3.63, 3.8) is 0 Å². The van der Waals surface area contributed by atoms with Crippen LogP contribution in [0.2, 0.25) is 0 Å². The van der Waals surface area contributed by atoms with Crippen molar-refractivity contribution >= 4 is 16.8 Å². The predicted octanol–water partition coefficient (Wildman–Crippen LogP) is 3.10. The largest absolute Gasteiger partial charge is 0.353 e. The molecule has 3 nitrogen and oxygen atoms in total. The number of rotatable bonds is 5. The summed E-state index contributed by atoms with van der Waals surface area (Å²) >= 11 is 5.91. The Morgan fingerprint density at radius 2 is 1.95 bits per heavy atom. The molecule has 4 aliphatic carbocycles. The van der Waals surface area contributed by atoms with Crippen LogP contribution in [-0.2, 0) is 14.3 Å². The maximum absolute atomic E-state index is 11.8. The molecule has 0 amide bonds. The molecule has 0 N–H and O–H groups in total. The Labute approximate surface area is 119 Å². The maximum Gasteiger partial charge on any atom is 0.228 e. The van der Waals surface area contributed by atoms with Crippen LogP contribution in [0, 0.1) is 22.7 Å². The molecule has 0 aromatic rings. The molecular formula is C15H21ClO3. The molecular weight excluding hydrogens is 264 g/mol. The van der Waals surface area contributed by atoms with E-state index in [-0.39, 0.29) is 28.0 Å². The van der Waals surface area contributed by atoms with Gasteiger partial charge >= 0.3 is 0 Å². The average Bonchev–Trinajstić information content (AvgIpc) is 2.74. The van der Waals surface area contributed by atoms with Gasteiger partial charge in [0.1, 0.15) is 0 Å². The van der Waals surface area contributed by atoms with E-state index in [1.54, 1.807) is 0 Å². The van der Waals surface area contributed by atoms with Crippen LogP contribution < -0.4 is 0 Å². The van der Waals surface area contributed by atoms with Crippen LogP contribution >= 0.6 is 11.6 Å². The van der Waals surface area contributed by atoms with Crippen LogP contribution in [0.1, 0.15) is 46.0 Å². The summed E-state index contributed by atoms with van der Waals surface area (Å²) in [5.74, 6) is 1.33. The van der Waals surface area contributed by atoms with Crippen molar-refractivity contribution in [2.45, 2.75) is 57.8 Å². The molecule has 3 atom stereocenters. The number of carbonyl (C=O) groups is 1. The van der Waals surface area contributed by atoms with E-state index in [1.165, 1.54) is 0 Å². The Hall–Kier alpha value is -0.120. The molecule has 3 unspecified atom stereocenters. The third kappa shape index (κ3) is 1.22. The summed E-state index contributed by atoms with van der Waals surface area (Å²) in [6, 6.07) is 0. The lowest BCUT2D eigenvalue weighted by Gasteiger charge is -2.72. The van der Waals surface area contributed by atoms with Gasteiger partial charge in [-0.1, -0.05) is 0 Å². The number of hydrogen-bond donors (Lipinski definition) is 0. The second kappa shape index (κ2) is 3.55. The number of halogens is 1. The standard InChI is InChI=1S/C15H21ClO3/c1-3-18-9(2)19-13-4-10-6-14(12(16)17)7-11(5-13)15(10,14)8-13/h9-11H,3-8H2,1-2H3. The molecule has 0 aromatic carbocycles. The summed E-state index contributed by atoms with van der Waals surface area (Å²) in [5, 5.41) is -0.0874. The zero-order valence-electron chi connectivity index (χ0n) is 11.6. The van der Waals surface area contributed by atoms with Gasteiger partial charge < -0.3 is 9.47 Å². The van der Waals surface area contributed by atoms with Crippen molar-refractivity contribution in [1.82, 2.24) is 0 Å². The van der Waals surface area contributed by atoms with E-state index >= 15 is 0 Å². The molecule has 19 heavy (non-hydrogen) atoms. The van der Waals surface area contributed by atoms with Gasteiger partial charge in [-0.3, -0.25) is 4.79 Å². The molecule has 1 spiro atoms. The molecule has 0 heterocycles. The van der Waals surface area contributed by atoms with Crippen molar-refractivity contribution < 1.29 is 14.3 Å². The molecule has 4 rings (SSSR count). The minimum atomic E-state index is -0.180. The fourth-order valence-electron chi connectivity index (χ4n) is 6.25. The smallest absolute Gasteiger partial charge is 0.228 e. The van der Waals surface area contributed by atoms with Crippen LogP contribution in [0.3, 0.4) is 0 Å². The zero-order valence-corrected chi connectivity index (χ0v) is 12.3. The third-order valence-corrected chi connectivity index (χ3v) is 6.94. The fraction of sp³-hybridized carbons (Fsp3) is 0.933. The van der Waals surface area contributed by atoms with E-state index in [1.807, 2.05) is 13.8 Å². The van der Waals surface area contributed by atoms with E-state index in [4.69, 9.17) is 21.1 Å². The lowest BCUT2D eigenvalue weighted by Crippen LogP contribution is -2.70. The highest BCUT2D eigenvalue weighted by molar-refractivity contribution is 6.65. The second-order valence-electron chi connectivity index (χ2n) is 7.11. The van der Waals surface area contributed by atoms with E-state index < -0.39 is 0 Å². The lowest BCUT2D eigenvalue weighted by molar-refractivity contribution is -0.251. The highest BCUT2D eigenvalue weighted by Crippen LogP contribution is 2.88. The third-order valence-electron chi connectivity index (χ3n) is 6.58. The highest BCUT2D eigenvalue weighted by atomic mass is 35.5. The summed E-state index contributed by atoms with van der Waals surface area (Å²) < 4.78 is 11.8. The van der Waals surface area contributed by atoms with Gasteiger partial charge in [0.05, 0.1) is 11.0 Å². The fourth-order valence-corrected chi connectivity index (χ4v) is 6.58. The second-order valence-corrected chi connectivity index (χ2v) is 7.45. The first-order valence-corrected chi connectivity index (χ1v) is 7.85. The molecule has 4 heteroatoms. The van der Waals surface area contributed by atoms with Crippen LogP contribution in [0.15, 0.2) is 0 Å². The number of carbonyl (C=O) groups excluding carboxylic acids is 1. The number of hydrogen-bond acceptors (Lipinski definition) is 3. The average molecular weight is 285 g/mol. The van der Waals surface area contributed by atoms with Gasteiger partial charge in [-0.2, -0.15) is 0 Å². The van der Waals surface area contributed by atoms with Gasteiger partial charge in [-0.05, 0) is 74.8 Å². The normalized spacial score (nSPS) is 54.3. The number of fused-ring (bicyclic) bond motifs is 1. The van der Waals surface area contributed by atoms with Gasteiger partial charge in [-0.25, -0.2) is 0 Å². The van der Waals surface area contributed by atoms with Gasteiger partial charge in [0.25, 0.3) is 0 Å². The van der Waals surface area contributed by atoms with E-state index in [0.717, 1.165) is 32.1 Å². The molecule has 0 aliphatic heterocycles. The topological polar surface area (TPSA) is 35.5 Å². The van der Waals surface area contributed by atoms with Crippen molar-refractivity contribution in [3.05, 3.63) is 0 Å². The molecule has 4 fully saturated rings. The first kappa shape index (κ1) is 12.6.